The molecule has 0 radical (unpaired) electrons. The van der Waals surface area contributed by atoms with Crippen molar-refractivity contribution in [2.75, 3.05) is 17.7 Å². The van der Waals surface area contributed by atoms with Crippen LogP contribution in [0, 0.1) is 5.41 Å². The number of hydrogen-bond acceptors (Lipinski definition) is 5. The highest BCUT2D eigenvalue weighted by molar-refractivity contribution is 8.04. The zero-order chi connectivity index (χ0) is 21.1. The van der Waals surface area contributed by atoms with Crippen LogP contribution in [0.3, 0.4) is 0 Å². The molecule has 1 unspecified atom stereocenters. The Kier molecular flexibility index (Phi) is 6.00. The minimum absolute atomic E-state index is 0.0890. The van der Waals surface area contributed by atoms with Gasteiger partial charge in [-0.1, -0.05) is 56.3 Å². The SMILES string of the molecule is CCOC(=O)C1CSC2=C(Nc3ccc(-c4ccccc4)cc3)CC(C)(C)CC2=N1. The smallest absolute Gasteiger partial charge is 0.331 e. The summed E-state index contributed by atoms with van der Waals surface area (Å²) >= 11 is 1.72. The van der Waals surface area contributed by atoms with Gasteiger partial charge in [0.15, 0.2) is 6.04 Å². The van der Waals surface area contributed by atoms with Gasteiger partial charge in [-0.2, -0.15) is 0 Å². The molecule has 156 valence electrons. The van der Waals surface area contributed by atoms with Crippen LogP contribution in [0.2, 0.25) is 0 Å². The van der Waals surface area contributed by atoms with Gasteiger partial charge in [0.25, 0.3) is 0 Å². The topological polar surface area (TPSA) is 50.7 Å². The lowest BCUT2D eigenvalue weighted by Crippen LogP contribution is -2.34. The van der Waals surface area contributed by atoms with Crippen LogP contribution in [-0.2, 0) is 9.53 Å². The summed E-state index contributed by atoms with van der Waals surface area (Å²) in [6.07, 6.45) is 1.84. The minimum atomic E-state index is -0.394. The number of esters is 1. The number of benzene rings is 2. The van der Waals surface area contributed by atoms with Crippen molar-refractivity contribution in [1.29, 1.82) is 0 Å². The van der Waals surface area contributed by atoms with Crippen LogP contribution < -0.4 is 5.32 Å². The molecule has 1 atom stereocenters. The summed E-state index contributed by atoms with van der Waals surface area (Å²) in [5.41, 5.74) is 5.81. The third kappa shape index (κ3) is 4.62. The molecule has 4 rings (SSSR count). The average molecular weight is 421 g/mol. The molecule has 1 heterocycles. The molecule has 30 heavy (non-hydrogen) atoms. The Labute approximate surface area is 182 Å². The first kappa shape index (κ1) is 20.7. The van der Waals surface area contributed by atoms with E-state index in [9.17, 15) is 4.79 Å². The third-order valence-electron chi connectivity index (χ3n) is 5.38. The fourth-order valence-corrected chi connectivity index (χ4v) is 5.13. The molecule has 1 aliphatic carbocycles. The number of allylic oxidation sites excluding steroid dienone is 2. The molecule has 0 saturated heterocycles. The molecule has 2 aliphatic rings. The fraction of sp³-hybridized carbons (Fsp3) is 0.360. The maximum absolute atomic E-state index is 12.2. The zero-order valence-corrected chi connectivity index (χ0v) is 18.6. The van der Waals surface area contributed by atoms with E-state index in [1.54, 1.807) is 11.8 Å². The predicted molar refractivity (Wildman–Crippen MR) is 126 cm³/mol. The van der Waals surface area contributed by atoms with E-state index in [0.29, 0.717) is 12.4 Å². The molecule has 0 spiro atoms. The maximum Gasteiger partial charge on any atom is 0.331 e. The van der Waals surface area contributed by atoms with Crippen molar-refractivity contribution in [3.63, 3.8) is 0 Å². The second-order valence-corrected chi connectivity index (χ2v) is 9.58. The molecule has 5 heteroatoms. The first-order chi connectivity index (χ1) is 14.4. The standard InChI is InChI=1S/C25H28N2O2S/c1-4-29-24(28)22-16-30-23-20(14-25(2,3)15-21(23)27-22)26-19-12-10-18(11-13-19)17-8-6-5-7-9-17/h5-13,22,26H,4,14-16H2,1-3H3. The largest absolute Gasteiger partial charge is 0.464 e. The van der Waals surface area contributed by atoms with Gasteiger partial charge >= 0.3 is 5.97 Å². The minimum Gasteiger partial charge on any atom is -0.464 e. The van der Waals surface area contributed by atoms with Crippen LogP contribution in [0.15, 0.2) is 70.2 Å². The summed E-state index contributed by atoms with van der Waals surface area (Å²) in [6, 6.07) is 18.6. The normalized spacial score (nSPS) is 20.2. The third-order valence-corrected chi connectivity index (χ3v) is 6.63. The second kappa shape index (κ2) is 8.68. The number of aliphatic imine (C=N–C) groups is 1. The van der Waals surface area contributed by atoms with Crippen molar-refractivity contribution in [2.45, 2.75) is 39.7 Å². The lowest BCUT2D eigenvalue weighted by Gasteiger charge is -2.36. The number of ether oxygens (including phenoxy) is 1. The van der Waals surface area contributed by atoms with Gasteiger partial charge in [0.2, 0.25) is 0 Å². The van der Waals surface area contributed by atoms with E-state index in [2.05, 4.69) is 67.7 Å². The van der Waals surface area contributed by atoms with Gasteiger partial charge in [-0.3, -0.25) is 4.99 Å². The first-order valence-corrected chi connectivity index (χ1v) is 11.5. The number of rotatable bonds is 5. The number of carbonyl (C=O) groups is 1. The lowest BCUT2D eigenvalue weighted by atomic mass is 9.78. The molecule has 0 saturated carbocycles. The fourth-order valence-electron chi connectivity index (χ4n) is 4.00. The van der Waals surface area contributed by atoms with E-state index in [-0.39, 0.29) is 11.4 Å². The molecule has 1 aliphatic heterocycles. The van der Waals surface area contributed by atoms with Crippen molar-refractivity contribution in [2.24, 2.45) is 10.4 Å². The van der Waals surface area contributed by atoms with Crippen LogP contribution in [0.4, 0.5) is 5.69 Å². The van der Waals surface area contributed by atoms with Gasteiger partial charge in [-0.25, -0.2) is 4.79 Å². The van der Waals surface area contributed by atoms with E-state index < -0.39 is 6.04 Å². The van der Waals surface area contributed by atoms with Gasteiger partial charge in [-0.05, 0) is 48.4 Å². The predicted octanol–water partition coefficient (Wildman–Crippen LogP) is 5.92. The molecule has 1 N–H and O–H groups in total. The number of hydrogen-bond donors (Lipinski definition) is 1. The highest BCUT2D eigenvalue weighted by Gasteiger charge is 2.36. The molecule has 0 fully saturated rings. The van der Waals surface area contributed by atoms with Gasteiger partial charge in [0.05, 0.1) is 12.3 Å². The number of thioether (sulfide) groups is 1. The lowest BCUT2D eigenvalue weighted by molar-refractivity contribution is -0.143. The summed E-state index contributed by atoms with van der Waals surface area (Å²) in [5.74, 6) is 0.418. The van der Waals surface area contributed by atoms with Crippen LogP contribution in [0.1, 0.15) is 33.6 Å². The van der Waals surface area contributed by atoms with Crippen molar-refractivity contribution in [1.82, 2.24) is 0 Å². The van der Waals surface area contributed by atoms with E-state index in [1.807, 2.05) is 13.0 Å². The molecular formula is C25H28N2O2S. The Bertz CT molecular complexity index is 978. The summed E-state index contributed by atoms with van der Waals surface area (Å²) in [5, 5.41) is 3.65. The number of nitrogens with one attached hydrogen (secondary N) is 1. The zero-order valence-electron chi connectivity index (χ0n) is 17.8. The number of carbonyl (C=O) groups excluding carboxylic acids is 1. The van der Waals surface area contributed by atoms with Gasteiger partial charge in [-0.15, -0.1) is 11.8 Å². The van der Waals surface area contributed by atoms with Crippen LogP contribution in [0.25, 0.3) is 11.1 Å². The van der Waals surface area contributed by atoms with Crippen molar-refractivity contribution < 1.29 is 9.53 Å². The quantitative estimate of drug-likeness (QED) is 0.610. The Balaban J connectivity index is 1.58. The summed E-state index contributed by atoms with van der Waals surface area (Å²) in [4.78, 5) is 18.2. The first-order valence-electron chi connectivity index (χ1n) is 10.5. The molecule has 4 nitrogen and oxygen atoms in total. The summed E-state index contributed by atoms with van der Waals surface area (Å²) in [7, 11) is 0. The van der Waals surface area contributed by atoms with E-state index in [4.69, 9.17) is 9.73 Å². The average Bonchev–Trinajstić information content (AvgIpc) is 2.74. The number of fused-ring (bicyclic) bond motifs is 1. The summed E-state index contributed by atoms with van der Waals surface area (Å²) in [6.45, 7) is 6.74. The molecule has 2 aromatic rings. The Hall–Kier alpha value is -2.53. The van der Waals surface area contributed by atoms with E-state index in [0.717, 1.165) is 24.2 Å². The molecule has 0 aromatic heterocycles. The Morgan fingerprint density at radius 3 is 2.50 bits per heavy atom. The Morgan fingerprint density at radius 2 is 1.80 bits per heavy atom. The van der Waals surface area contributed by atoms with Gasteiger partial charge < -0.3 is 10.1 Å². The van der Waals surface area contributed by atoms with Crippen molar-refractivity contribution in [3.8, 4) is 11.1 Å². The van der Waals surface area contributed by atoms with E-state index >= 15 is 0 Å². The van der Waals surface area contributed by atoms with Gasteiger partial charge in [0.1, 0.15) is 0 Å². The maximum atomic E-state index is 12.2. The van der Waals surface area contributed by atoms with Crippen molar-refractivity contribution >= 4 is 29.1 Å². The monoisotopic (exact) mass is 420 g/mol. The molecule has 0 amide bonds. The van der Waals surface area contributed by atoms with Crippen LogP contribution in [0.5, 0.6) is 0 Å². The molecule has 2 aromatic carbocycles. The van der Waals surface area contributed by atoms with Crippen molar-refractivity contribution in [3.05, 3.63) is 65.2 Å². The summed E-state index contributed by atoms with van der Waals surface area (Å²) < 4.78 is 5.19. The van der Waals surface area contributed by atoms with Gasteiger partial charge in [0, 0.05) is 22.0 Å². The number of anilines is 1. The highest BCUT2D eigenvalue weighted by atomic mass is 32.2. The number of nitrogens with zero attached hydrogens (tertiary/aromatic N) is 1. The highest BCUT2D eigenvalue weighted by Crippen LogP contribution is 2.43. The van der Waals surface area contributed by atoms with Crippen LogP contribution >= 0.6 is 11.8 Å². The van der Waals surface area contributed by atoms with E-state index in [1.165, 1.54) is 21.7 Å². The second-order valence-electron chi connectivity index (χ2n) is 8.55. The van der Waals surface area contributed by atoms with Crippen LogP contribution in [-0.4, -0.2) is 30.1 Å². The molecular weight excluding hydrogens is 392 g/mol. The Morgan fingerprint density at radius 1 is 1.10 bits per heavy atom. The molecule has 0 bridgehead atoms.